The van der Waals surface area contributed by atoms with Gasteiger partial charge in [0.05, 0.1) is 18.8 Å². The molecule has 5 heteroatoms. The van der Waals surface area contributed by atoms with Crippen molar-refractivity contribution < 1.29 is 14.3 Å². The van der Waals surface area contributed by atoms with Crippen LogP contribution in [0.5, 0.6) is 0 Å². The number of rotatable bonds is 6. The predicted molar refractivity (Wildman–Crippen MR) is 71.4 cm³/mol. The van der Waals surface area contributed by atoms with Crippen molar-refractivity contribution in [3.8, 4) is 0 Å². The van der Waals surface area contributed by atoms with Gasteiger partial charge < -0.3 is 10.1 Å². The van der Waals surface area contributed by atoms with Gasteiger partial charge in [-0.1, -0.05) is 18.2 Å². The fourth-order valence-electron chi connectivity index (χ4n) is 1.29. The highest BCUT2D eigenvalue weighted by atomic mass is 32.2. The van der Waals surface area contributed by atoms with E-state index in [2.05, 4.69) is 10.1 Å². The highest BCUT2D eigenvalue weighted by Gasteiger charge is 2.14. The zero-order chi connectivity index (χ0) is 13.4. The number of thioether (sulfide) groups is 1. The van der Waals surface area contributed by atoms with Gasteiger partial charge in [-0.3, -0.25) is 9.59 Å². The van der Waals surface area contributed by atoms with Crippen molar-refractivity contribution in [1.29, 1.82) is 0 Å². The highest BCUT2D eigenvalue weighted by Crippen LogP contribution is 2.22. The summed E-state index contributed by atoms with van der Waals surface area (Å²) in [6, 6.07) is 9.73. The number of carbonyl (C=O) groups is 2. The van der Waals surface area contributed by atoms with Gasteiger partial charge in [-0.15, -0.1) is 11.8 Å². The largest absolute Gasteiger partial charge is 0.469 e. The van der Waals surface area contributed by atoms with Crippen LogP contribution in [0.3, 0.4) is 0 Å². The molecule has 1 amide bonds. The summed E-state index contributed by atoms with van der Waals surface area (Å²) in [7, 11) is 1.33. The van der Waals surface area contributed by atoms with Gasteiger partial charge in [-0.25, -0.2) is 0 Å². The van der Waals surface area contributed by atoms with Gasteiger partial charge in [-0.05, 0) is 19.1 Å². The highest BCUT2D eigenvalue weighted by molar-refractivity contribution is 8.00. The maximum absolute atomic E-state index is 11.7. The summed E-state index contributed by atoms with van der Waals surface area (Å²) in [5.74, 6) is -0.397. The van der Waals surface area contributed by atoms with Crippen LogP contribution in [0.25, 0.3) is 0 Å². The lowest BCUT2D eigenvalue weighted by molar-refractivity contribution is -0.140. The molecule has 0 fully saturated rings. The molecule has 4 nitrogen and oxygen atoms in total. The maximum Gasteiger partial charge on any atom is 0.307 e. The zero-order valence-corrected chi connectivity index (χ0v) is 11.3. The SMILES string of the molecule is COC(=O)CCNC(=O)C(C)Sc1ccccc1. The average molecular weight is 267 g/mol. The first-order valence-corrected chi connectivity index (χ1v) is 6.57. The van der Waals surface area contributed by atoms with E-state index in [1.165, 1.54) is 18.9 Å². The van der Waals surface area contributed by atoms with Gasteiger partial charge >= 0.3 is 5.97 Å². The number of hydrogen-bond donors (Lipinski definition) is 1. The first-order chi connectivity index (χ1) is 8.63. The van der Waals surface area contributed by atoms with Crippen LogP contribution in [0.1, 0.15) is 13.3 Å². The molecule has 0 aliphatic carbocycles. The topological polar surface area (TPSA) is 55.4 Å². The lowest BCUT2D eigenvalue weighted by atomic mass is 10.4. The number of hydrogen-bond acceptors (Lipinski definition) is 4. The van der Waals surface area contributed by atoms with Crippen LogP contribution in [0.2, 0.25) is 0 Å². The van der Waals surface area contributed by atoms with Crippen molar-refractivity contribution >= 4 is 23.6 Å². The fourth-order valence-corrected chi connectivity index (χ4v) is 2.20. The summed E-state index contributed by atoms with van der Waals surface area (Å²) in [6.07, 6.45) is 0.199. The lowest BCUT2D eigenvalue weighted by Crippen LogP contribution is -2.32. The second-order valence-corrected chi connectivity index (χ2v) is 5.10. The Morgan fingerprint density at radius 3 is 2.61 bits per heavy atom. The van der Waals surface area contributed by atoms with E-state index in [1.54, 1.807) is 0 Å². The van der Waals surface area contributed by atoms with Gasteiger partial charge in [0.1, 0.15) is 0 Å². The van der Waals surface area contributed by atoms with Gasteiger partial charge in [-0.2, -0.15) is 0 Å². The van der Waals surface area contributed by atoms with Gasteiger partial charge in [0.15, 0.2) is 0 Å². The van der Waals surface area contributed by atoms with Crippen LogP contribution in [0, 0.1) is 0 Å². The molecule has 1 aromatic carbocycles. The molecular formula is C13H17NO3S. The van der Waals surface area contributed by atoms with Crippen LogP contribution in [-0.2, 0) is 14.3 Å². The van der Waals surface area contributed by atoms with E-state index in [-0.39, 0.29) is 23.5 Å². The van der Waals surface area contributed by atoms with Crippen LogP contribution in [0.4, 0.5) is 0 Å². The smallest absolute Gasteiger partial charge is 0.307 e. The van der Waals surface area contributed by atoms with Crippen LogP contribution in [0.15, 0.2) is 35.2 Å². The van der Waals surface area contributed by atoms with E-state index in [1.807, 2.05) is 37.3 Å². The number of nitrogens with one attached hydrogen (secondary N) is 1. The van der Waals surface area contributed by atoms with Crippen molar-refractivity contribution in [3.05, 3.63) is 30.3 Å². The Labute approximate surface area is 111 Å². The summed E-state index contributed by atoms with van der Waals surface area (Å²) in [5, 5.41) is 2.52. The molecule has 1 rings (SSSR count). The van der Waals surface area contributed by atoms with E-state index in [9.17, 15) is 9.59 Å². The second kappa shape index (κ2) is 7.76. The summed E-state index contributed by atoms with van der Waals surface area (Å²) in [4.78, 5) is 23.7. The molecule has 0 spiro atoms. The van der Waals surface area contributed by atoms with Crippen molar-refractivity contribution in [2.24, 2.45) is 0 Å². The molecule has 0 bridgehead atoms. The summed E-state index contributed by atoms with van der Waals surface area (Å²) in [5.41, 5.74) is 0. The van der Waals surface area contributed by atoms with Gasteiger partial charge in [0.25, 0.3) is 0 Å². The van der Waals surface area contributed by atoms with Crippen molar-refractivity contribution in [2.75, 3.05) is 13.7 Å². The minimum absolute atomic E-state index is 0.0762. The molecule has 0 aromatic heterocycles. The number of esters is 1. The van der Waals surface area contributed by atoms with Gasteiger partial charge in [0, 0.05) is 11.4 Å². The number of benzene rings is 1. The van der Waals surface area contributed by atoms with Crippen LogP contribution < -0.4 is 5.32 Å². The summed E-state index contributed by atoms with van der Waals surface area (Å²) in [6.45, 7) is 2.15. The third-order valence-electron chi connectivity index (χ3n) is 2.28. The number of ether oxygens (including phenoxy) is 1. The normalized spacial score (nSPS) is 11.7. The van der Waals surface area contributed by atoms with E-state index >= 15 is 0 Å². The molecule has 1 atom stereocenters. The molecule has 0 radical (unpaired) electrons. The molecule has 0 saturated carbocycles. The van der Waals surface area contributed by atoms with E-state index in [4.69, 9.17) is 0 Å². The van der Waals surface area contributed by atoms with Gasteiger partial charge in [0.2, 0.25) is 5.91 Å². The molecule has 0 heterocycles. The maximum atomic E-state index is 11.7. The minimum atomic E-state index is -0.321. The quantitative estimate of drug-likeness (QED) is 0.631. The van der Waals surface area contributed by atoms with Crippen LogP contribution in [-0.4, -0.2) is 30.8 Å². The Kier molecular flexibility index (Phi) is 6.28. The third kappa shape index (κ3) is 5.23. The number of amides is 1. The molecule has 0 aliphatic rings. The average Bonchev–Trinajstić information content (AvgIpc) is 2.39. The third-order valence-corrected chi connectivity index (χ3v) is 3.39. The second-order valence-electron chi connectivity index (χ2n) is 3.69. The number of carbonyl (C=O) groups excluding carboxylic acids is 2. The molecule has 1 N–H and O–H groups in total. The first kappa shape index (κ1) is 14.6. The standard InChI is InChI=1S/C13H17NO3S/c1-10(18-11-6-4-3-5-7-11)13(16)14-9-8-12(15)17-2/h3-7,10H,8-9H2,1-2H3,(H,14,16). The zero-order valence-electron chi connectivity index (χ0n) is 10.5. The number of methoxy groups -OCH3 is 1. The minimum Gasteiger partial charge on any atom is -0.469 e. The van der Waals surface area contributed by atoms with Crippen molar-refractivity contribution in [2.45, 2.75) is 23.5 Å². The lowest BCUT2D eigenvalue weighted by Gasteiger charge is -2.11. The predicted octanol–water partition coefficient (Wildman–Crippen LogP) is 1.85. The van der Waals surface area contributed by atoms with Crippen LogP contribution >= 0.6 is 11.8 Å². The Morgan fingerprint density at radius 2 is 2.00 bits per heavy atom. The van der Waals surface area contributed by atoms with Crippen molar-refractivity contribution in [1.82, 2.24) is 5.32 Å². The molecule has 1 unspecified atom stereocenters. The molecule has 1 aromatic rings. The Balaban J connectivity index is 2.31. The molecule has 0 aliphatic heterocycles. The Hall–Kier alpha value is -1.49. The van der Waals surface area contributed by atoms with Crippen molar-refractivity contribution in [3.63, 3.8) is 0 Å². The Morgan fingerprint density at radius 1 is 1.33 bits per heavy atom. The summed E-state index contributed by atoms with van der Waals surface area (Å²) < 4.78 is 4.49. The molecule has 0 saturated heterocycles. The summed E-state index contributed by atoms with van der Waals surface area (Å²) >= 11 is 1.49. The van der Waals surface area contributed by atoms with E-state index < -0.39 is 0 Å². The Bertz CT molecular complexity index is 394. The molecule has 98 valence electrons. The fraction of sp³-hybridized carbons (Fsp3) is 0.385. The van der Waals surface area contributed by atoms with E-state index in [0.29, 0.717) is 6.54 Å². The first-order valence-electron chi connectivity index (χ1n) is 5.69. The molecule has 18 heavy (non-hydrogen) atoms. The van der Waals surface area contributed by atoms with E-state index in [0.717, 1.165) is 4.90 Å². The monoisotopic (exact) mass is 267 g/mol. The molecular weight excluding hydrogens is 250 g/mol.